The van der Waals surface area contributed by atoms with Gasteiger partial charge in [0.05, 0.1) is 5.69 Å². The third-order valence-corrected chi connectivity index (χ3v) is 4.33. The molecule has 2 amide bonds. The van der Waals surface area contributed by atoms with Crippen LogP contribution in [0, 0.1) is 13.8 Å². The van der Waals surface area contributed by atoms with Gasteiger partial charge in [-0.15, -0.1) is 11.3 Å². The summed E-state index contributed by atoms with van der Waals surface area (Å²) in [4.78, 5) is 16.4. The van der Waals surface area contributed by atoms with E-state index < -0.39 is 0 Å². The van der Waals surface area contributed by atoms with Crippen LogP contribution in [0.2, 0.25) is 0 Å². The van der Waals surface area contributed by atoms with E-state index in [1.165, 1.54) is 5.56 Å². The second-order valence-electron chi connectivity index (χ2n) is 5.46. The Balaban J connectivity index is 1.48. The number of thiazole rings is 1. The lowest BCUT2D eigenvalue weighted by Gasteiger charge is -2.03. The Morgan fingerprint density at radius 3 is 2.75 bits per heavy atom. The van der Waals surface area contributed by atoms with E-state index >= 15 is 0 Å². The van der Waals surface area contributed by atoms with Crippen molar-refractivity contribution < 1.29 is 9.32 Å². The summed E-state index contributed by atoms with van der Waals surface area (Å²) in [6.45, 7) is 4.33. The zero-order valence-corrected chi connectivity index (χ0v) is 14.3. The van der Waals surface area contributed by atoms with Crippen LogP contribution in [-0.4, -0.2) is 22.7 Å². The van der Waals surface area contributed by atoms with Crippen molar-refractivity contribution in [2.75, 3.05) is 11.9 Å². The van der Waals surface area contributed by atoms with Crippen LogP contribution < -0.4 is 10.6 Å². The first kappa shape index (κ1) is 16.2. The largest absolute Gasteiger partial charge is 0.360 e. The highest BCUT2D eigenvalue weighted by Gasteiger charge is 2.07. The molecule has 24 heavy (non-hydrogen) atoms. The molecule has 2 N–H and O–H groups in total. The van der Waals surface area contributed by atoms with Gasteiger partial charge in [-0.1, -0.05) is 35.0 Å². The van der Waals surface area contributed by atoms with Gasteiger partial charge in [-0.2, -0.15) is 0 Å². The Kier molecular flexibility index (Phi) is 4.90. The molecule has 7 heteroatoms. The number of nitrogens with zero attached hydrogens (tertiary/aromatic N) is 2. The maximum absolute atomic E-state index is 11.7. The van der Waals surface area contributed by atoms with E-state index in [1.54, 1.807) is 24.3 Å². The first-order valence-corrected chi connectivity index (χ1v) is 8.48. The summed E-state index contributed by atoms with van der Waals surface area (Å²) in [7, 11) is 0. The number of nitrogens with one attached hydrogen (secondary N) is 2. The monoisotopic (exact) mass is 342 g/mol. The van der Waals surface area contributed by atoms with Gasteiger partial charge >= 0.3 is 6.03 Å². The lowest BCUT2D eigenvalue weighted by molar-refractivity contribution is 0.252. The van der Waals surface area contributed by atoms with E-state index in [2.05, 4.69) is 52.0 Å². The molecule has 0 radical (unpaired) electrons. The smallest absolute Gasteiger partial charge is 0.320 e. The molecule has 0 aliphatic carbocycles. The van der Waals surface area contributed by atoms with Gasteiger partial charge in [0.1, 0.15) is 10.8 Å². The fourth-order valence-electron chi connectivity index (χ4n) is 2.14. The number of urea groups is 1. The molecule has 0 aliphatic rings. The van der Waals surface area contributed by atoms with Crippen LogP contribution in [0.15, 0.2) is 40.2 Å². The highest BCUT2D eigenvalue weighted by atomic mass is 32.1. The zero-order chi connectivity index (χ0) is 16.9. The fourth-order valence-corrected chi connectivity index (χ4v) is 3.00. The molecule has 6 nitrogen and oxygen atoms in total. The second kappa shape index (κ2) is 7.27. The number of carbonyl (C=O) groups is 1. The predicted octanol–water partition coefficient (Wildman–Crippen LogP) is 3.78. The number of aromatic nitrogens is 2. The summed E-state index contributed by atoms with van der Waals surface area (Å²) in [5.41, 5.74) is 3.31. The quantitative estimate of drug-likeness (QED) is 0.739. The van der Waals surface area contributed by atoms with E-state index in [0.29, 0.717) is 24.5 Å². The van der Waals surface area contributed by atoms with E-state index in [-0.39, 0.29) is 6.03 Å². The number of rotatable bonds is 5. The van der Waals surface area contributed by atoms with Crippen LogP contribution >= 0.6 is 11.3 Å². The summed E-state index contributed by atoms with van der Waals surface area (Å²) in [6.07, 6.45) is 0.674. The molecule has 0 unspecified atom stereocenters. The number of hydrogen-bond donors (Lipinski definition) is 2. The highest BCUT2D eigenvalue weighted by Crippen LogP contribution is 2.24. The Bertz CT molecular complexity index is 823. The minimum atomic E-state index is -0.308. The first-order valence-electron chi connectivity index (χ1n) is 7.60. The molecule has 124 valence electrons. The molecule has 1 aromatic carbocycles. The summed E-state index contributed by atoms with van der Waals surface area (Å²) in [5, 5.41) is 12.1. The first-order chi connectivity index (χ1) is 11.6. The minimum absolute atomic E-state index is 0.308. The molecule has 0 atom stereocenters. The summed E-state index contributed by atoms with van der Waals surface area (Å²) >= 11 is 1.61. The van der Waals surface area contributed by atoms with Crippen molar-refractivity contribution in [1.29, 1.82) is 0 Å². The molecule has 0 fully saturated rings. The van der Waals surface area contributed by atoms with Gasteiger partial charge in [-0.25, -0.2) is 9.78 Å². The second-order valence-corrected chi connectivity index (χ2v) is 6.32. The number of benzene rings is 1. The van der Waals surface area contributed by atoms with E-state index in [4.69, 9.17) is 4.52 Å². The van der Waals surface area contributed by atoms with Gasteiger partial charge in [0.15, 0.2) is 5.82 Å². The molecular formula is C17H18N4O2S. The van der Waals surface area contributed by atoms with E-state index in [0.717, 1.165) is 16.3 Å². The summed E-state index contributed by atoms with van der Waals surface area (Å²) in [5.74, 6) is 1.05. The van der Waals surface area contributed by atoms with Crippen LogP contribution in [0.3, 0.4) is 0 Å². The van der Waals surface area contributed by atoms with Crippen LogP contribution in [0.5, 0.6) is 0 Å². The highest BCUT2D eigenvalue weighted by molar-refractivity contribution is 7.13. The van der Waals surface area contributed by atoms with Crippen molar-refractivity contribution in [3.63, 3.8) is 0 Å². The normalized spacial score (nSPS) is 10.6. The third-order valence-electron chi connectivity index (χ3n) is 3.39. The molecule has 0 saturated heterocycles. The van der Waals surface area contributed by atoms with Gasteiger partial charge < -0.3 is 9.84 Å². The number of aryl methyl sites for hydroxylation is 2. The maximum Gasteiger partial charge on any atom is 0.320 e. The number of amides is 2. The molecule has 0 saturated carbocycles. The van der Waals surface area contributed by atoms with E-state index in [1.807, 2.05) is 5.38 Å². The molecule has 2 aromatic heterocycles. The molecule has 3 rings (SSSR count). The molecular weight excluding hydrogens is 324 g/mol. The van der Waals surface area contributed by atoms with Gasteiger partial charge in [-0.3, -0.25) is 5.32 Å². The SMILES string of the molecule is Cc1ccc(-c2nc(CCNC(=O)Nc3cc(C)on3)cs2)cc1. The van der Waals surface area contributed by atoms with Gasteiger partial charge in [0.25, 0.3) is 0 Å². The van der Waals surface area contributed by atoms with Crippen molar-refractivity contribution in [3.05, 3.63) is 52.7 Å². The standard InChI is InChI=1S/C17H18N4O2S/c1-11-3-5-13(6-4-11)16-19-14(10-24-16)7-8-18-17(22)20-15-9-12(2)23-21-15/h3-6,9-10H,7-8H2,1-2H3,(H2,18,20,21,22). The third kappa shape index (κ3) is 4.20. The van der Waals surface area contributed by atoms with Crippen LogP contribution in [0.4, 0.5) is 10.6 Å². The Hall–Kier alpha value is -2.67. The fraction of sp³-hybridized carbons (Fsp3) is 0.235. The lowest BCUT2D eigenvalue weighted by atomic mass is 10.2. The van der Waals surface area contributed by atoms with Gasteiger partial charge in [-0.05, 0) is 13.8 Å². The van der Waals surface area contributed by atoms with E-state index in [9.17, 15) is 4.79 Å². The van der Waals surface area contributed by atoms with Crippen molar-refractivity contribution in [1.82, 2.24) is 15.5 Å². The average Bonchev–Trinajstić information content (AvgIpc) is 3.17. The molecule has 0 bridgehead atoms. The Morgan fingerprint density at radius 2 is 2.04 bits per heavy atom. The predicted molar refractivity (Wildman–Crippen MR) is 94.3 cm³/mol. The van der Waals surface area contributed by atoms with Crippen LogP contribution in [0.1, 0.15) is 17.0 Å². The Labute approximate surface area is 143 Å². The topological polar surface area (TPSA) is 80.0 Å². The Morgan fingerprint density at radius 1 is 1.25 bits per heavy atom. The number of anilines is 1. The molecule has 2 heterocycles. The molecule has 0 spiro atoms. The number of carbonyl (C=O) groups excluding carboxylic acids is 1. The lowest BCUT2D eigenvalue weighted by Crippen LogP contribution is -2.30. The minimum Gasteiger partial charge on any atom is -0.360 e. The van der Waals surface area contributed by atoms with Crippen LogP contribution in [-0.2, 0) is 6.42 Å². The van der Waals surface area contributed by atoms with Crippen molar-refractivity contribution in [3.8, 4) is 10.6 Å². The van der Waals surface area contributed by atoms with Crippen LogP contribution in [0.25, 0.3) is 10.6 Å². The average molecular weight is 342 g/mol. The maximum atomic E-state index is 11.7. The summed E-state index contributed by atoms with van der Waals surface area (Å²) in [6, 6.07) is 9.65. The number of hydrogen-bond acceptors (Lipinski definition) is 5. The van der Waals surface area contributed by atoms with Gasteiger partial charge in [0, 0.05) is 30.0 Å². The van der Waals surface area contributed by atoms with Crippen molar-refractivity contribution in [2.24, 2.45) is 0 Å². The van der Waals surface area contributed by atoms with Gasteiger partial charge in [0.2, 0.25) is 0 Å². The molecule has 3 aromatic rings. The zero-order valence-electron chi connectivity index (χ0n) is 13.5. The summed E-state index contributed by atoms with van der Waals surface area (Å²) < 4.78 is 4.89. The van der Waals surface area contributed by atoms with Crippen molar-refractivity contribution in [2.45, 2.75) is 20.3 Å². The van der Waals surface area contributed by atoms with Crippen molar-refractivity contribution >= 4 is 23.2 Å². The molecule has 0 aliphatic heterocycles.